The van der Waals surface area contributed by atoms with E-state index in [1.54, 1.807) is 0 Å². The summed E-state index contributed by atoms with van der Waals surface area (Å²) < 4.78 is 5.41. The number of anilines is 2. The lowest BCUT2D eigenvalue weighted by atomic mass is 9.90. The van der Waals surface area contributed by atoms with E-state index in [9.17, 15) is 9.59 Å². The van der Waals surface area contributed by atoms with Gasteiger partial charge in [0.15, 0.2) is 0 Å². The number of hydrogen-bond acceptors (Lipinski definition) is 6. The number of nitrogens with zero attached hydrogens (tertiary/aromatic N) is 2. The Bertz CT molecular complexity index is 875. The van der Waals surface area contributed by atoms with Gasteiger partial charge >= 0.3 is 6.03 Å². The topological polar surface area (TPSA) is 105 Å². The number of carbonyl (C=O) groups is 2. The Labute approximate surface area is 179 Å². The number of ether oxygens (including phenoxy) is 1. The zero-order valence-corrected chi connectivity index (χ0v) is 17.7. The van der Waals surface area contributed by atoms with Gasteiger partial charge in [0.25, 0.3) is 5.91 Å². The number of rotatable bonds is 6. The molecule has 1 saturated carbocycles. The van der Waals surface area contributed by atoms with Crippen molar-refractivity contribution in [3.8, 4) is 0 Å². The Morgan fingerprint density at radius 1 is 1.07 bits per heavy atom. The van der Waals surface area contributed by atoms with E-state index in [4.69, 9.17) is 4.74 Å². The third-order valence-electron chi connectivity index (χ3n) is 5.49. The summed E-state index contributed by atoms with van der Waals surface area (Å²) in [6.07, 6.45) is 7.36. The number of benzene rings is 1. The zero-order chi connectivity index (χ0) is 20.8. The third kappa shape index (κ3) is 5.54. The summed E-state index contributed by atoms with van der Waals surface area (Å²) in [6, 6.07) is 7.09. The van der Waals surface area contributed by atoms with Gasteiger partial charge in [-0.15, -0.1) is 10.2 Å². The summed E-state index contributed by atoms with van der Waals surface area (Å²) in [4.78, 5) is 24.4. The molecule has 1 saturated heterocycles. The molecule has 1 atom stereocenters. The van der Waals surface area contributed by atoms with Crippen LogP contribution in [-0.2, 0) is 16.1 Å². The van der Waals surface area contributed by atoms with Gasteiger partial charge in [0.05, 0.1) is 0 Å². The van der Waals surface area contributed by atoms with Crippen LogP contribution in [0, 0.1) is 0 Å². The maximum Gasteiger partial charge on any atom is 0.321 e. The van der Waals surface area contributed by atoms with Crippen LogP contribution >= 0.6 is 11.3 Å². The van der Waals surface area contributed by atoms with Crippen molar-refractivity contribution in [3.05, 3.63) is 34.8 Å². The number of amides is 3. The van der Waals surface area contributed by atoms with Gasteiger partial charge < -0.3 is 15.4 Å². The molecule has 1 aromatic carbocycles. The average molecular weight is 430 g/mol. The molecule has 1 aliphatic heterocycles. The van der Waals surface area contributed by atoms with Crippen molar-refractivity contribution in [2.45, 2.75) is 63.5 Å². The second-order valence-corrected chi connectivity index (χ2v) is 8.79. The molecule has 0 radical (unpaired) electrons. The first-order chi connectivity index (χ1) is 14.7. The lowest BCUT2D eigenvalue weighted by Gasteiger charge is -2.18. The molecule has 30 heavy (non-hydrogen) atoms. The van der Waals surface area contributed by atoms with E-state index in [1.807, 2.05) is 24.3 Å². The Hall–Kier alpha value is -2.52. The molecule has 2 aliphatic rings. The molecule has 8 nitrogen and oxygen atoms in total. The summed E-state index contributed by atoms with van der Waals surface area (Å²) in [6.45, 7) is 0.970. The monoisotopic (exact) mass is 429 g/mol. The van der Waals surface area contributed by atoms with Gasteiger partial charge in [0.1, 0.15) is 11.1 Å². The van der Waals surface area contributed by atoms with E-state index in [2.05, 4.69) is 26.1 Å². The van der Waals surface area contributed by atoms with Crippen LogP contribution in [0.1, 0.15) is 61.4 Å². The van der Waals surface area contributed by atoms with Crippen molar-refractivity contribution in [2.75, 3.05) is 17.2 Å². The predicted octanol–water partition coefficient (Wildman–Crippen LogP) is 4.03. The Balaban J connectivity index is 1.25. The lowest BCUT2D eigenvalue weighted by molar-refractivity contribution is -0.124. The molecule has 9 heteroatoms. The second kappa shape index (κ2) is 9.99. The third-order valence-corrected chi connectivity index (χ3v) is 6.49. The minimum atomic E-state index is -0.372. The molecule has 2 aromatic rings. The van der Waals surface area contributed by atoms with Crippen molar-refractivity contribution in [1.29, 1.82) is 0 Å². The Kier molecular flexibility index (Phi) is 6.91. The van der Waals surface area contributed by atoms with Crippen LogP contribution in [0.5, 0.6) is 0 Å². The van der Waals surface area contributed by atoms with Gasteiger partial charge in [0, 0.05) is 24.8 Å². The summed E-state index contributed by atoms with van der Waals surface area (Å²) in [5, 5.41) is 18.4. The Morgan fingerprint density at radius 3 is 2.73 bits per heavy atom. The van der Waals surface area contributed by atoms with E-state index in [0.29, 0.717) is 29.9 Å². The van der Waals surface area contributed by atoms with E-state index in [0.717, 1.165) is 36.3 Å². The second-order valence-electron chi connectivity index (χ2n) is 7.78. The summed E-state index contributed by atoms with van der Waals surface area (Å²) in [5.74, 6) is 0.350. The summed E-state index contributed by atoms with van der Waals surface area (Å²) in [5.41, 5.74) is 1.58. The molecule has 4 rings (SSSR count). The highest BCUT2D eigenvalue weighted by atomic mass is 32.1. The van der Waals surface area contributed by atoms with E-state index in [1.165, 1.54) is 30.6 Å². The zero-order valence-electron chi connectivity index (χ0n) is 16.9. The molecule has 1 unspecified atom stereocenters. The molecule has 0 spiro atoms. The molecule has 3 N–H and O–H groups in total. The maximum absolute atomic E-state index is 12.2. The highest BCUT2D eigenvalue weighted by Crippen LogP contribution is 2.35. The van der Waals surface area contributed by atoms with Gasteiger partial charge in [-0.1, -0.05) is 42.7 Å². The standard InChI is InChI=1S/C21H27N5O3S/c27-18(17-10-5-11-29-17)23-16-9-4-6-14(12-16)13-22-20(28)24-21-26-25-19(30-21)15-7-2-1-3-8-15/h4,6,9,12,15,17H,1-3,5,7-8,10-11,13H2,(H,23,27)(H2,22,24,26,28). The molecule has 2 fully saturated rings. The number of nitrogens with one attached hydrogen (secondary N) is 3. The van der Waals surface area contributed by atoms with Gasteiger partial charge in [0.2, 0.25) is 5.13 Å². The number of carbonyl (C=O) groups excluding carboxylic acids is 2. The molecule has 1 aliphatic carbocycles. The van der Waals surface area contributed by atoms with Gasteiger partial charge in [-0.05, 0) is 43.4 Å². The minimum absolute atomic E-state index is 0.125. The van der Waals surface area contributed by atoms with Crippen molar-refractivity contribution in [3.63, 3.8) is 0 Å². The van der Waals surface area contributed by atoms with Crippen LogP contribution in [0.2, 0.25) is 0 Å². The summed E-state index contributed by atoms with van der Waals surface area (Å²) >= 11 is 1.46. The molecule has 160 valence electrons. The highest BCUT2D eigenvalue weighted by Gasteiger charge is 2.23. The van der Waals surface area contributed by atoms with Crippen LogP contribution < -0.4 is 16.0 Å². The van der Waals surface area contributed by atoms with Crippen molar-refractivity contribution >= 4 is 34.1 Å². The van der Waals surface area contributed by atoms with Crippen LogP contribution in [0.15, 0.2) is 24.3 Å². The number of urea groups is 1. The molecule has 1 aromatic heterocycles. The van der Waals surface area contributed by atoms with Gasteiger partial charge in [-0.2, -0.15) is 0 Å². The average Bonchev–Trinajstić information content (AvgIpc) is 3.46. The van der Waals surface area contributed by atoms with Crippen molar-refractivity contribution in [1.82, 2.24) is 15.5 Å². The number of aromatic nitrogens is 2. The smallest absolute Gasteiger partial charge is 0.321 e. The van der Waals surface area contributed by atoms with Crippen LogP contribution in [0.3, 0.4) is 0 Å². The van der Waals surface area contributed by atoms with Crippen LogP contribution in [0.25, 0.3) is 0 Å². The highest BCUT2D eigenvalue weighted by molar-refractivity contribution is 7.15. The largest absolute Gasteiger partial charge is 0.368 e. The van der Waals surface area contributed by atoms with Gasteiger partial charge in [-0.3, -0.25) is 10.1 Å². The molecule has 2 heterocycles. The number of hydrogen-bond donors (Lipinski definition) is 3. The minimum Gasteiger partial charge on any atom is -0.368 e. The van der Waals surface area contributed by atoms with Crippen LogP contribution in [-0.4, -0.2) is 34.8 Å². The van der Waals surface area contributed by atoms with Crippen LogP contribution in [0.4, 0.5) is 15.6 Å². The fourth-order valence-corrected chi connectivity index (χ4v) is 4.80. The normalized spacial score (nSPS) is 19.4. The SMILES string of the molecule is O=C(NCc1cccc(NC(=O)C2CCCO2)c1)Nc1nnc(C2CCCCC2)s1. The first-order valence-electron chi connectivity index (χ1n) is 10.6. The fraction of sp³-hybridized carbons (Fsp3) is 0.524. The molecular weight excluding hydrogens is 402 g/mol. The lowest BCUT2D eigenvalue weighted by Crippen LogP contribution is -2.28. The predicted molar refractivity (Wildman–Crippen MR) is 116 cm³/mol. The maximum atomic E-state index is 12.2. The van der Waals surface area contributed by atoms with Crippen molar-refractivity contribution < 1.29 is 14.3 Å². The molecular formula is C21H27N5O3S. The van der Waals surface area contributed by atoms with Crippen molar-refractivity contribution in [2.24, 2.45) is 0 Å². The van der Waals surface area contributed by atoms with Gasteiger partial charge in [-0.25, -0.2) is 4.79 Å². The Morgan fingerprint density at radius 2 is 1.93 bits per heavy atom. The molecule has 0 bridgehead atoms. The van der Waals surface area contributed by atoms with E-state index >= 15 is 0 Å². The first-order valence-corrected chi connectivity index (χ1v) is 11.4. The fourth-order valence-electron chi connectivity index (χ4n) is 3.89. The summed E-state index contributed by atoms with van der Waals surface area (Å²) in [7, 11) is 0. The van der Waals surface area contributed by atoms with E-state index < -0.39 is 0 Å². The first kappa shape index (κ1) is 20.7. The molecule has 3 amide bonds. The van der Waals surface area contributed by atoms with E-state index in [-0.39, 0.29) is 18.0 Å². The quantitative estimate of drug-likeness (QED) is 0.643.